The number of imide groups is 1. The molecule has 1 fully saturated rings. The van der Waals surface area contributed by atoms with Gasteiger partial charge in [-0.05, 0) is 54.7 Å². The summed E-state index contributed by atoms with van der Waals surface area (Å²) in [5.41, 5.74) is 2.01. The number of nitrogens with one attached hydrogen (secondary N) is 1. The Balaban J connectivity index is 1.53. The SMILES string of the molecule is COc1ccc(CCCC2NC(=O)N(Cc3cccc(Cl)c3)C2=O)cc1. The largest absolute Gasteiger partial charge is 0.497 e. The molecule has 3 rings (SSSR count). The minimum absolute atomic E-state index is 0.176. The zero-order valence-corrected chi connectivity index (χ0v) is 15.3. The number of ether oxygens (including phenoxy) is 1. The lowest BCUT2D eigenvalue weighted by Crippen LogP contribution is -2.31. The summed E-state index contributed by atoms with van der Waals surface area (Å²) in [5.74, 6) is 0.647. The molecule has 5 nitrogen and oxygen atoms in total. The Hall–Kier alpha value is -2.53. The average molecular weight is 373 g/mol. The van der Waals surface area contributed by atoms with Gasteiger partial charge in [-0.25, -0.2) is 4.79 Å². The normalized spacial score (nSPS) is 16.7. The van der Waals surface area contributed by atoms with Crippen molar-refractivity contribution in [3.05, 3.63) is 64.7 Å². The Bertz CT molecular complexity index is 792. The molecular formula is C20H21ClN2O3. The Morgan fingerprint density at radius 2 is 1.88 bits per heavy atom. The van der Waals surface area contributed by atoms with Crippen LogP contribution in [0.5, 0.6) is 5.75 Å². The highest BCUT2D eigenvalue weighted by Crippen LogP contribution is 2.19. The van der Waals surface area contributed by atoms with Crippen LogP contribution in [0.15, 0.2) is 48.5 Å². The summed E-state index contributed by atoms with van der Waals surface area (Å²) in [6.45, 7) is 0.236. The maximum atomic E-state index is 12.5. The number of methoxy groups -OCH3 is 1. The van der Waals surface area contributed by atoms with E-state index in [0.717, 1.165) is 24.2 Å². The number of hydrogen-bond acceptors (Lipinski definition) is 3. The highest BCUT2D eigenvalue weighted by molar-refractivity contribution is 6.30. The number of nitrogens with zero attached hydrogens (tertiary/aromatic N) is 1. The summed E-state index contributed by atoms with van der Waals surface area (Å²) < 4.78 is 5.14. The smallest absolute Gasteiger partial charge is 0.325 e. The van der Waals surface area contributed by atoms with E-state index in [4.69, 9.17) is 16.3 Å². The molecular weight excluding hydrogens is 352 g/mol. The van der Waals surface area contributed by atoms with Crippen LogP contribution >= 0.6 is 11.6 Å². The summed E-state index contributed by atoms with van der Waals surface area (Å²) in [6, 6.07) is 14.3. The van der Waals surface area contributed by atoms with Crippen LogP contribution in [-0.2, 0) is 17.8 Å². The molecule has 2 aromatic rings. The molecule has 0 aliphatic carbocycles. The van der Waals surface area contributed by atoms with Gasteiger partial charge in [0.15, 0.2) is 0 Å². The Labute approximate surface area is 157 Å². The number of aryl methyl sites for hydroxylation is 1. The summed E-state index contributed by atoms with van der Waals surface area (Å²) in [5, 5.41) is 3.37. The predicted molar refractivity (Wildman–Crippen MR) is 100 cm³/mol. The van der Waals surface area contributed by atoms with E-state index < -0.39 is 6.04 Å². The number of urea groups is 1. The van der Waals surface area contributed by atoms with Crippen LogP contribution in [0, 0.1) is 0 Å². The number of hydrogen-bond donors (Lipinski definition) is 1. The molecule has 0 radical (unpaired) electrons. The quantitative estimate of drug-likeness (QED) is 0.752. The van der Waals surface area contributed by atoms with Gasteiger partial charge in [0, 0.05) is 5.02 Å². The monoisotopic (exact) mass is 372 g/mol. The molecule has 1 aliphatic rings. The molecule has 26 heavy (non-hydrogen) atoms. The number of halogens is 1. The van der Waals surface area contributed by atoms with Crippen LogP contribution in [0.25, 0.3) is 0 Å². The lowest BCUT2D eigenvalue weighted by molar-refractivity contribution is -0.128. The van der Waals surface area contributed by atoms with Crippen LogP contribution in [0.2, 0.25) is 5.02 Å². The van der Waals surface area contributed by atoms with Gasteiger partial charge in [-0.3, -0.25) is 9.69 Å². The van der Waals surface area contributed by atoms with Gasteiger partial charge in [-0.2, -0.15) is 0 Å². The number of amides is 3. The minimum Gasteiger partial charge on any atom is -0.497 e. The molecule has 1 atom stereocenters. The molecule has 2 aromatic carbocycles. The molecule has 136 valence electrons. The number of rotatable bonds is 7. The zero-order chi connectivity index (χ0) is 18.5. The summed E-state index contributed by atoms with van der Waals surface area (Å²) in [6.07, 6.45) is 2.27. The molecule has 1 heterocycles. The average Bonchev–Trinajstić information content (AvgIpc) is 2.90. The van der Waals surface area contributed by atoms with Crippen molar-refractivity contribution < 1.29 is 14.3 Å². The van der Waals surface area contributed by atoms with Gasteiger partial charge in [0.25, 0.3) is 5.91 Å². The molecule has 0 aromatic heterocycles. The molecule has 1 N–H and O–H groups in total. The lowest BCUT2D eigenvalue weighted by Gasteiger charge is -2.13. The first-order chi connectivity index (χ1) is 12.6. The van der Waals surface area contributed by atoms with E-state index in [9.17, 15) is 9.59 Å². The van der Waals surface area contributed by atoms with Crippen LogP contribution in [0.4, 0.5) is 4.79 Å². The van der Waals surface area contributed by atoms with E-state index in [1.807, 2.05) is 36.4 Å². The van der Waals surface area contributed by atoms with Crippen molar-refractivity contribution in [1.82, 2.24) is 10.2 Å². The molecule has 3 amide bonds. The van der Waals surface area contributed by atoms with Crippen LogP contribution in [0.3, 0.4) is 0 Å². The number of carbonyl (C=O) groups is 2. The molecule has 6 heteroatoms. The Morgan fingerprint density at radius 1 is 1.12 bits per heavy atom. The summed E-state index contributed by atoms with van der Waals surface area (Å²) >= 11 is 5.97. The van der Waals surface area contributed by atoms with Crippen molar-refractivity contribution in [2.24, 2.45) is 0 Å². The number of carbonyl (C=O) groups excluding carboxylic acids is 2. The van der Waals surface area contributed by atoms with Gasteiger partial charge >= 0.3 is 6.03 Å². The van der Waals surface area contributed by atoms with Crippen LogP contribution in [-0.4, -0.2) is 30.0 Å². The summed E-state index contributed by atoms with van der Waals surface area (Å²) in [4.78, 5) is 25.9. The third-order valence-corrected chi connectivity index (χ3v) is 4.69. The highest BCUT2D eigenvalue weighted by atomic mass is 35.5. The van der Waals surface area contributed by atoms with Crippen molar-refractivity contribution in [3.63, 3.8) is 0 Å². The van der Waals surface area contributed by atoms with Crippen LogP contribution in [0.1, 0.15) is 24.0 Å². The third kappa shape index (κ3) is 4.35. The van der Waals surface area contributed by atoms with Gasteiger partial charge in [0.05, 0.1) is 13.7 Å². The van der Waals surface area contributed by atoms with E-state index in [-0.39, 0.29) is 18.5 Å². The minimum atomic E-state index is -0.458. The van der Waals surface area contributed by atoms with Crippen molar-refractivity contribution in [2.45, 2.75) is 31.8 Å². The van der Waals surface area contributed by atoms with Gasteiger partial charge < -0.3 is 10.1 Å². The van der Waals surface area contributed by atoms with E-state index in [1.165, 1.54) is 10.5 Å². The first-order valence-electron chi connectivity index (χ1n) is 8.56. The second kappa shape index (κ2) is 8.23. The first-order valence-corrected chi connectivity index (χ1v) is 8.94. The second-order valence-corrected chi connectivity index (χ2v) is 6.73. The van der Waals surface area contributed by atoms with Gasteiger partial charge in [-0.1, -0.05) is 35.9 Å². The van der Waals surface area contributed by atoms with Gasteiger partial charge in [0.2, 0.25) is 0 Å². The maximum Gasteiger partial charge on any atom is 0.325 e. The third-order valence-electron chi connectivity index (χ3n) is 4.45. The molecule has 1 saturated heterocycles. The fourth-order valence-corrected chi connectivity index (χ4v) is 3.26. The van der Waals surface area contributed by atoms with E-state index in [0.29, 0.717) is 11.4 Å². The van der Waals surface area contributed by atoms with Crippen molar-refractivity contribution >= 4 is 23.5 Å². The van der Waals surface area contributed by atoms with E-state index >= 15 is 0 Å². The van der Waals surface area contributed by atoms with Crippen molar-refractivity contribution in [3.8, 4) is 5.75 Å². The van der Waals surface area contributed by atoms with E-state index in [2.05, 4.69) is 5.32 Å². The first kappa shape index (κ1) is 18.3. The Kier molecular flexibility index (Phi) is 5.78. The van der Waals surface area contributed by atoms with Crippen molar-refractivity contribution in [1.29, 1.82) is 0 Å². The zero-order valence-electron chi connectivity index (χ0n) is 14.6. The fraction of sp³-hybridized carbons (Fsp3) is 0.300. The molecule has 1 unspecified atom stereocenters. The topological polar surface area (TPSA) is 58.6 Å². The fourth-order valence-electron chi connectivity index (χ4n) is 3.04. The van der Waals surface area contributed by atoms with E-state index in [1.54, 1.807) is 19.2 Å². The molecule has 0 saturated carbocycles. The Morgan fingerprint density at radius 3 is 2.58 bits per heavy atom. The maximum absolute atomic E-state index is 12.5. The van der Waals surface area contributed by atoms with Crippen LogP contribution < -0.4 is 10.1 Å². The lowest BCUT2D eigenvalue weighted by atomic mass is 10.0. The second-order valence-electron chi connectivity index (χ2n) is 6.30. The highest BCUT2D eigenvalue weighted by Gasteiger charge is 2.37. The number of benzene rings is 2. The predicted octanol–water partition coefficient (Wildman–Crippen LogP) is 3.79. The summed E-state index contributed by atoms with van der Waals surface area (Å²) in [7, 11) is 1.64. The molecule has 0 spiro atoms. The molecule has 1 aliphatic heterocycles. The molecule has 0 bridgehead atoms. The van der Waals surface area contributed by atoms with Gasteiger partial charge in [-0.15, -0.1) is 0 Å². The van der Waals surface area contributed by atoms with Gasteiger partial charge in [0.1, 0.15) is 11.8 Å². The van der Waals surface area contributed by atoms with Crippen molar-refractivity contribution in [2.75, 3.05) is 7.11 Å². The standard InChI is InChI=1S/C20H21ClN2O3/c1-26-17-10-8-14(9-11-17)4-3-7-18-19(24)23(20(25)22-18)13-15-5-2-6-16(21)12-15/h2,5-6,8-12,18H,3-4,7,13H2,1H3,(H,22,25).